The fourth-order valence-corrected chi connectivity index (χ4v) is 2.89. The molecule has 0 spiro atoms. The summed E-state index contributed by atoms with van der Waals surface area (Å²) in [6.07, 6.45) is 1.57. The van der Waals surface area contributed by atoms with E-state index in [-0.39, 0.29) is 22.9 Å². The van der Waals surface area contributed by atoms with Crippen LogP contribution in [0.5, 0.6) is 0 Å². The minimum absolute atomic E-state index is 0.0953. The Morgan fingerprint density at radius 1 is 1.73 bits per heavy atom. The van der Waals surface area contributed by atoms with Crippen molar-refractivity contribution in [3.05, 3.63) is 11.8 Å². The molecule has 0 saturated carbocycles. The van der Waals surface area contributed by atoms with Gasteiger partial charge >= 0.3 is 5.97 Å². The highest BCUT2D eigenvalue weighted by atomic mass is 32.2. The molecule has 2 aliphatic rings. The Bertz CT molecular complexity index is 418. The molecule has 1 amide bonds. The number of nitrogens with zero attached hydrogens (tertiary/aromatic N) is 1. The average molecular weight is 223 g/mol. The maximum Gasteiger partial charge on any atom is 0.352 e. The molecular formula is C10H9NO3S. The summed E-state index contributed by atoms with van der Waals surface area (Å²) in [4.78, 5) is 23.8. The summed E-state index contributed by atoms with van der Waals surface area (Å²) in [6.45, 7) is 1.68. The van der Waals surface area contributed by atoms with Gasteiger partial charge in [-0.25, -0.2) is 4.79 Å². The fraction of sp³-hybridized carbons (Fsp3) is 0.400. The Morgan fingerprint density at radius 2 is 2.47 bits per heavy atom. The Morgan fingerprint density at radius 3 is 3.07 bits per heavy atom. The van der Waals surface area contributed by atoms with Crippen molar-refractivity contribution < 1.29 is 14.7 Å². The van der Waals surface area contributed by atoms with Crippen molar-refractivity contribution in [1.82, 2.24) is 4.90 Å². The summed E-state index contributed by atoms with van der Waals surface area (Å²) < 4.78 is 0. The second-order valence-corrected chi connectivity index (χ2v) is 4.35. The van der Waals surface area contributed by atoms with Crippen molar-refractivity contribution in [1.29, 1.82) is 0 Å². The number of aliphatic carboxylic acids is 1. The first kappa shape index (κ1) is 10.1. The Kier molecular flexibility index (Phi) is 2.45. The van der Waals surface area contributed by atoms with Crippen LogP contribution < -0.4 is 0 Å². The van der Waals surface area contributed by atoms with Crippen molar-refractivity contribution in [2.24, 2.45) is 5.92 Å². The average Bonchev–Trinajstić information content (AvgIpc) is 2.24. The number of thioether (sulfide) groups is 1. The SMILES string of the molecule is CC#CC1C(=O)N2C(C(=O)O)=CCS[C@@H]12. The lowest BCUT2D eigenvalue weighted by molar-refractivity contribution is -0.149. The van der Waals surface area contributed by atoms with Crippen molar-refractivity contribution in [3.8, 4) is 11.8 Å². The van der Waals surface area contributed by atoms with Gasteiger partial charge in [0.05, 0.1) is 0 Å². The zero-order valence-corrected chi connectivity index (χ0v) is 8.87. The molecule has 1 N–H and O–H groups in total. The Hall–Kier alpha value is -1.41. The number of rotatable bonds is 1. The molecule has 78 valence electrons. The number of carbonyl (C=O) groups is 2. The molecule has 2 aliphatic heterocycles. The summed E-state index contributed by atoms with van der Waals surface area (Å²) >= 11 is 1.55. The van der Waals surface area contributed by atoms with Crippen LogP contribution in [0.25, 0.3) is 0 Å². The van der Waals surface area contributed by atoms with Crippen LogP contribution in [-0.2, 0) is 9.59 Å². The molecule has 0 radical (unpaired) electrons. The van der Waals surface area contributed by atoms with E-state index in [1.165, 1.54) is 4.90 Å². The van der Waals surface area contributed by atoms with Crippen molar-refractivity contribution in [3.63, 3.8) is 0 Å². The molecule has 5 heteroatoms. The van der Waals surface area contributed by atoms with Crippen LogP contribution in [0.2, 0.25) is 0 Å². The molecule has 15 heavy (non-hydrogen) atoms. The summed E-state index contributed by atoms with van der Waals surface area (Å²) in [7, 11) is 0. The highest BCUT2D eigenvalue weighted by Crippen LogP contribution is 2.40. The number of β-lactam (4-membered cyclic amide) rings is 1. The van der Waals surface area contributed by atoms with Crippen LogP contribution >= 0.6 is 11.8 Å². The molecule has 0 aromatic heterocycles. The molecule has 0 aliphatic carbocycles. The monoisotopic (exact) mass is 223 g/mol. The molecular weight excluding hydrogens is 214 g/mol. The van der Waals surface area contributed by atoms with E-state index in [1.54, 1.807) is 24.8 Å². The van der Waals surface area contributed by atoms with Crippen molar-refractivity contribution >= 4 is 23.6 Å². The fourth-order valence-electron chi connectivity index (χ4n) is 1.69. The Labute approximate surface area is 91.3 Å². The van der Waals surface area contributed by atoms with Crippen LogP contribution in [0, 0.1) is 17.8 Å². The first-order chi connectivity index (χ1) is 7.16. The molecule has 1 saturated heterocycles. The van der Waals surface area contributed by atoms with E-state index in [1.807, 2.05) is 0 Å². The predicted octanol–water partition coefficient (Wildman–Crippen LogP) is 0.510. The highest BCUT2D eigenvalue weighted by Gasteiger charge is 2.51. The van der Waals surface area contributed by atoms with E-state index in [9.17, 15) is 9.59 Å². The van der Waals surface area contributed by atoms with Gasteiger partial charge in [-0.2, -0.15) is 0 Å². The minimum atomic E-state index is -1.04. The maximum absolute atomic E-state index is 11.6. The van der Waals surface area contributed by atoms with E-state index in [0.29, 0.717) is 5.75 Å². The van der Waals surface area contributed by atoms with E-state index < -0.39 is 5.97 Å². The van der Waals surface area contributed by atoms with Gasteiger partial charge in [-0.3, -0.25) is 9.69 Å². The van der Waals surface area contributed by atoms with Crippen molar-refractivity contribution in [2.45, 2.75) is 12.3 Å². The lowest BCUT2D eigenvalue weighted by Crippen LogP contribution is -2.60. The topological polar surface area (TPSA) is 57.6 Å². The zero-order valence-electron chi connectivity index (χ0n) is 8.06. The third-order valence-corrected chi connectivity index (χ3v) is 3.55. The van der Waals surface area contributed by atoms with Crippen LogP contribution in [0.1, 0.15) is 6.92 Å². The number of carboxylic acids is 1. The van der Waals surface area contributed by atoms with E-state index >= 15 is 0 Å². The van der Waals surface area contributed by atoms with Gasteiger partial charge < -0.3 is 5.11 Å². The number of amides is 1. The van der Waals surface area contributed by atoms with Gasteiger partial charge in [-0.05, 0) is 13.0 Å². The van der Waals surface area contributed by atoms with Crippen LogP contribution in [0.15, 0.2) is 11.8 Å². The van der Waals surface area contributed by atoms with Crippen LogP contribution in [0.4, 0.5) is 0 Å². The van der Waals surface area contributed by atoms with Crippen molar-refractivity contribution in [2.75, 3.05) is 5.75 Å². The largest absolute Gasteiger partial charge is 0.477 e. The van der Waals surface area contributed by atoms with E-state index in [4.69, 9.17) is 5.11 Å². The summed E-state index contributed by atoms with van der Waals surface area (Å²) in [5.41, 5.74) is 0.0953. The summed E-state index contributed by atoms with van der Waals surface area (Å²) in [5.74, 6) is 4.56. The highest BCUT2D eigenvalue weighted by molar-refractivity contribution is 8.00. The minimum Gasteiger partial charge on any atom is -0.477 e. The molecule has 2 atom stereocenters. The maximum atomic E-state index is 11.6. The molecule has 1 fully saturated rings. The van der Waals surface area contributed by atoms with Crippen LogP contribution in [-0.4, -0.2) is 33.0 Å². The molecule has 0 aromatic rings. The second-order valence-electron chi connectivity index (χ2n) is 3.20. The zero-order chi connectivity index (χ0) is 11.0. The second kappa shape index (κ2) is 3.63. The summed E-state index contributed by atoms with van der Waals surface area (Å²) in [6, 6.07) is 0. The first-order valence-electron chi connectivity index (χ1n) is 4.47. The Balaban J connectivity index is 2.25. The third-order valence-electron chi connectivity index (χ3n) is 2.37. The number of hydrogen-bond acceptors (Lipinski definition) is 3. The predicted molar refractivity (Wildman–Crippen MR) is 55.8 cm³/mol. The lowest BCUT2D eigenvalue weighted by atomic mass is 9.97. The molecule has 0 bridgehead atoms. The summed E-state index contributed by atoms with van der Waals surface area (Å²) in [5, 5.41) is 8.78. The number of fused-ring (bicyclic) bond motifs is 1. The van der Waals surface area contributed by atoms with Gasteiger partial charge in [0.2, 0.25) is 5.91 Å². The molecule has 0 aromatic carbocycles. The third kappa shape index (κ3) is 1.41. The standard InChI is InChI=1S/C10H9NO3S/c1-2-3-6-8(12)11-7(10(13)14)4-5-15-9(6)11/h4,6,9H,5H2,1H3,(H,13,14)/t6?,9-/m0/s1. The molecule has 2 rings (SSSR count). The number of hydrogen-bond donors (Lipinski definition) is 1. The first-order valence-corrected chi connectivity index (χ1v) is 5.52. The van der Waals surface area contributed by atoms with Crippen LogP contribution in [0.3, 0.4) is 0 Å². The number of carboxylic acid groups (broad SMARTS) is 1. The normalized spacial score (nSPS) is 28.2. The van der Waals surface area contributed by atoms with Gasteiger partial charge in [0.25, 0.3) is 0 Å². The number of carbonyl (C=O) groups excluding carboxylic acids is 1. The van der Waals surface area contributed by atoms with Gasteiger partial charge in [0.15, 0.2) is 0 Å². The van der Waals surface area contributed by atoms with Gasteiger partial charge in [-0.1, -0.05) is 5.92 Å². The van der Waals surface area contributed by atoms with Gasteiger partial charge in [0.1, 0.15) is 17.0 Å². The lowest BCUT2D eigenvalue weighted by Gasteiger charge is -2.46. The molecule has 1 unspecified atom stereocenters. The van der Waals surface area contributed by atoms with Gasteiger partial charge in [-0.15, -0.1) is 17.7 Å². The molecule has 2 heterocycles. The van der Waals surface area contributed by atoms with Gasteiger partial charge in [0, 0.05) is 5.75 Å². The van der Waals surface area contributed by atoms with E-state index in [2.05, 4.69) is 11.8 Å². The smallest absolute Gasteiger partial charge is 0.352 e. The van der Waals surface area contributed by atoms with E-state index in [0.717, 1.165) is 0 Å². The quantitative estimate of drug-likeness (QED) is 0.520. The molecule has 4 nitrogen and oxygen atoms in total.